The van der Waals surface area contributed by atoms with Crippen molar-refractivity contribution in [3.8, 4) is 0 Å². The van der Waals surface area contributed by atoms with Crippen LogP contribution in [-0.2, 0) is 6.54 Å². The summed E-state index contributed by atoms with van der Waals surface area (Å²) < 4.78 is 13.7. The van der Waals surface area contributed by atoms with E-state index in [1.807, 2.05) is 30.3 Å². The van der Waals surface area contributed by atoms with Gasteiger partial charge in [-0.2, -0.15) is 0 Å². The lowest BCUT2D eigenvalue weighted by atomic mass is 10.1. The fraction of sp³-hybridized carbons (Fsp3) is 0.294. The number of piperazine rings is 1. The maximum atomic E-state index is 13.7. The maximum absolute atomic E-state index is 13.7. The first kappa shape index (κ1) is 14.4. The summed E-state index contributed by atoms with van der Waals surface area (Å²) in [6, 6.07) is 15.0. The molecule has 0 saturated carbocycles. The Morgan fingerprint density at radius 3 is 2.38 bits per heavy atom. The average Bonchev–Trinajstić information content (AvgIpc) is 2.51. The van der Waals surface area contributed by atoms with Crippen LogP contribution in [0.3, 0.4) is 0 Å². The molecule has 0 radical (unpaired) electrons. The largest absolute Gasteiger partial charge is 0.359 e. The van der Waals surface area contributed by atoms with Crippen molar-refractivity contribution in [2.45, 2.75) is 6.54 Å². The van der Waals surface area contributed by atoms with Crippen LogP contribution < -0.4 is 9.80 Å². The van der Waals surface area contributed by atoms with E-state index in [9.17, 15) is 4.39 Å². The van der Waals surface area contributed by atoms with Gasteiger partial charge in [0.15, 0.2) is 0 Å². The summed E-state index contributed by atoms with van der Waals surface area (Å²) in [6.07, 6.45) is 0. The summed E-state index contributed by atoms with van der Waals surface area (Å²) in [6.45, 7) is 4.66. The lowest BCUT2D eigenvalue weighted by Gasteiger charge is -2.34. The van der Waals surface area contributed by atoms with E-state index in [1.54, 1.807) is 6.07 Å². The van der Waals surface area contributed by atoms with Crippen molar-refractivity contribution in [3.63, 3.8) is 0 Å². The monoisotopic (exact) mass is 305 g/mol. The molecule has 0 aromatic heterocycles. The van der Waals surface area contributed by atoms with Crippen LogP contribution in [0.4, 0.5) is 10.1 Å². The van der Waals surface area contributed by atoms with Gasteiger partial charge in [-0.05, 0) is 18.2 Å². The Kier molecular flexibility index (Phi) is 4.42. The Morgan fingerprint density at radius 1 is 1.00 bits per heavy atom. The molecule has 4 heteroatoms. The zero-order valence-electron chi connectivity index (χ0n) is 11.9. The van der Waals surface area contributed by atoms with Gasteiger partial charge in [-0.15, -0.1) is 0 Å². The van der Waals surface area contributed by atoms with E-state index in [2.05, 4.69) is 11.0 Å². The zero-order valence-corrected chi connectivity index (χ0v) is 12.6. The standard InChI is InChI=1S/C17H18ClFN2/c18-15-6-2-4-8-17(15)21-11-9-20(10-12-21)13-14-5-1-3-7-16(14)19/h1-8H,9-13H2/p+1. The summed E-state index contributed by atoms with van der Waals surface area (Å²) in [4.78, 5) is 3.73. The van der Waals surface area contributed by atoms with Crippen molar-refractivity contribution >= 4 is 17.3 Å². The normalized spacial score (nSPS) is 16.2. The minimum absolute atomic E-state index is 0.0986. The van der Waals surface area contributed by atoms with Gasteiger partial charge in [0.25, 0.3) is 0 Å². The Morgan fingerprint density at radius 2 is 1.67 bits per heavy atom. The third-order valence-corrected chi connectivity index (χ3v) is 4.38. The van der Waals surface area contributed by atoms with Crippen LogP contribution in [0.1, 0.15) is 5.56 Å². The highest BCUT2D eigenvalue weighted by atomic mass is 35.5. The van der Waals surface area contributed by atoms with Crippen molar-refractivity contribution in [3.05, 3.63) is 64.9 Å². The molecule has 1 heterocycles. The fourth-order valence-corrected chi connectivity index (χ4v) is 3.12. The van der Waals surface area contributed by atoms with E-state index >= 15 is 0 Å². The molecule has 1 fully saturated rings. The van der Waals surface area contributed by atoms with Gasteiger partial charge in [0.05, 0.1) is 36.9 Å². The topological polar surface area (TPSA) is 7.68 Å². The van der Waals surface area contributed by atoms with Crippen LogP contribution in [-0.4, -0.2) is 26.2 Å². The van der Waals surface area contributed by atoms with Gasteiger partial charge in [0.1, 0.15) is 12.4 Å². The molecule has 1 aliphatic rings. The minimum atomic E-state index is -0.0986. The van der Waals surface area contributed by atoms with Crippen molar-refractivity contribution < 1.29 is 9.29 Å². The van der Waals surface area contributed by atoms with Gasteiger partial charge in [0.2, 0.25) is 0 Å². The number of quaternary nitrogens is 1. The van der Waals surface area contributed by atoms with E-state index in [0.717, 1.165) is 49.0 Å². The number of hydrogen-bond acceptors (Lipinski definition) is 1. The molecule has 0 amide bonds. The second-order valence-electron chi connectivity index (χ2n) is 5.46. The molecule has 110 valence electrons. The molecule has 0 atom stereocenters. The number of anilines is 1. The highest BCUT2D eigenvalue weighted by Gasteiger charge is 2.22. The molecular formula is C17H19ClFN2+. The van der Waals surface area contributed by atoms with Crippen molar-refractivity contribution in [1.29, 1.82) is 0 Å². The molecule has 0 aliphatic carbocycles. The van der Waals surface area contributed by atoms with Crippen LogP contribution >= 0.6 is 11.6 Å². The molecule has 1 aliphatic heterocycles. The molecule has 0 unspecified atom stereocenters. The number of benzene rings is 2. The van der Waals surface area contributed by atoms with Crippen LogP contribution in [0.5, 0.6) is 0 Å². The first-order valence-corrected chi connectivity index (χ1v) is 7.68. The molecule has 3 rings (SSSR count). The summed E-state index contributed by atoms with van der Waals surface area (Å²) in [5.74, 6) is -0.0986. The highest BCUT2D eigenvalue weighted by Crippen LogP contribution is 2.24. The third kappa shape index (κ3) is 3.36. The van der Waals surface area contributed by atoms with E-state index in [-0.39, 0.29) is 5.82 Å². The zero-order chi connectivity index (χ0) is 14.7. The molecule has 0 bridgehead atoms. The summed E-state index contributed by atoms with van der Waals surface area (Å²) in [5.41, 5.74) is 1.91. The van der Waals surface area contributed by atoms with E-state index in [1.165, 1.54) is 11.0 Å². The lowest BCUT2D eigenvalue weighted by molar-refractivity contribution is -0.914. The SMILES string of the molecule is Fc1ccccc1C[NH+]1CCN(c2ccccc2Cl)CC1. The summed E-state index contributed by atoms with van der Waals surface area (Å²) >= 11 is 6.25. The molecule has 2 aromatic carbocycles. The Labute approximate surface area is 129 Å². The predicted octanol–water partition coefficient (Wildman–Crippen LogP) is 2.38. The summed E-state index contributed by atoms with van der Waals surface area (Å²) in [5, 5.41) is 0.801. The second kappa shape index (κ2) is 6.46. The van der Waals surface area contributed by atoms with Crippen molar-refractivity contribution in [2.24, 2.45) is 0 Å². The fourth-order valence-electron chi connectivity index (χ4n) is 2.86. The number of halogens is 2. The van der Waals surface area contributed by atoms with Gasteiger partial charge in [0, 0.05) is 5.56 Å². The minimum Gasteiger partial charge on any atom is -0.359 e. The van der Waals surface area contributed by atoms with E-state index in [0.29, 0.717) is 0 Å². The van der Waals surface area contributed by atoms with Gasteiger partial charge in [-0.3, -0.25) is 0 Å². The quantitative estimate of drug-likeness (QED) is 0.915. The molecule has 21 heavy (non-hydrogen) atoms. The Balaban J connectivity index is 1.61. The number of rotatable bonds is 3. The van der Waals surface area contributed by atoms with Crippen molar-refractivity contribution in [2.75, 3.05) is 31.1 Å². The van der Waals surface area contributed by atoms with Crippen LogP contribution in [0.2, 0.25) is 5.02 Å². The van der Waals surface area contributed by atoms with Crippen LogP contribution in [0.15, 0.2) is 48.5 Å². The van der Waals surface area contributed by atoms with Crippen molar-refractivity contribution in [1.82, 2.24) is 0 Å². The van der Waals surface area contributed by atoms with Gasteiger partial charge < -0.3 is 9.80 Å². The smallest absolute Gasteiger partial charge is 0.132 e. The highest BCUT2D eigenvalue weighted by molar-refractivity contribution is 6.33. The molecule has 2 nitrogen and oxygen atoms in total. The molecule has 1 saturated heterocycles. The molecule has 2 aromatic rings. The number of nitrogens with zero attached hydrogens (tertiary/aromatic N) is 1. The molecule has 0 spiro atoms. The number of para-hydroxylation sites is 1. The van der Waals surface area contributed by atoms with Gasteiger partial charge in [-0.1, -0.05) is 41.9 Å². The van der Waals surface area contributed by atoms with E-state index in [4.69, 9.17) is 11.6 Å². The first-order chi connectivity index (χ1) is 10.2. The molecular weight excluding hydrogens is 287 g/mol. The lowest BCUT2D eigenvalue weighted by Crippen LogP contribution is -3.13. The van der Waals surface area contributed by atoms with Gasteiger partial charge >= 0.3 is 0 Å². The van der Waals surface area contributed by atoms with Crippen LogP contribution in [0.25, 0.3) is 0 Å². The first-order valence-electron chi connectivity index (χ1n) is 7.30. The van der Waals surface area contributed by atoms with Crippen LogP contribution in [0, 0.1) is 5.82 Å². The van der Waals surface area contributed by atoms with Gasteiger partial charge in [-0.25, -0.2) is 4.39 Å². The number of hydrogen-bond donors (Lipinski definition) is 1. The summed E-state index contributed by atoms with van der Waals surface area (Å²) in [7, 11) is 0. The number of nitrogens with one attached hydrogen (secondary N) is 1. The Bertz CT molecular complexity index is 609. The Hall–Kier alpha value is -1.58. The average molecular weight is 306 g/mol. The maximum Gasteiger partial charge on any atom is 0.132 e. The molecule has 1 N–H and O–H groups in total. The second-order valence-corrected chi connectivity index (χ2v) is 5.86. The predicted molar refractivity (Wildman–Crippen MR) is 84.5 cm³/mol. The van der Waals surface area contributed by atoms with E-state index < -0.39 is 0 Å². The third-order valence-electron chi connectivity index (χ3n) is 4.06.